The van der Waals surface area contributed by atoms with Crippen LogP contribution >= 0.6 is 0 Å². The SMILES string of the molecule is CC(CCCOCCS(=O)(=O)O)C1CCC2C3CCC4CCCC[C@]4(C)C3CC[C@]12C. The van der Waals surface area contributed by atoms with Crippen molar-refractivity contribution in [3.63, 3.8) is 0 Å². The minimum absolute atomic E-state index is 0.0965. The Balaban J connectivity index is 1.32. The molecule has 4 fully saturated rings. The summed E-state index contributed by atoms with van der Waals surface area (Å²) >= 11 is 0. The van der Waals surface area contributed by atoms with Crippen LogP contribution in [0.5, 0.6) is 0 Å². The predicted octanol–water partition coefficient (Wildman–Crippen LogP) is 6.36. The monoisotopic (exact) mass is 454 g/mol. The second kappa shape index (κ2) is 9.25. The Labute approximate surface area is 191 Å². The van der Waals surface area contributed by atoms with E-state index in [1.165, 1.54) is 64.2 Å². The first kappa shape index (κ1) is 24.0. The van der Waals surface area contributed by atoms with E-state index in [2.05, 4.69) is 20.8 Å². The number of fused-ring (bicyclic) bond motifs is 5. The average Bonchev–Trinajstić information content (AvgIpc) is 3.06. The van der Waals surface area contributed by atoms with Crippen molar-refractivity contribution in [2.75, 3.05) is 19.0 Å². The lowest BCUT2D eigenvalue weighted by Gasteiger charge is -2.61. The Hall–Kier alpha value is -0.130. The van der Waals surface area contributed by atoms with Gasteiger partial charge < -0.3 is 4.74 Å². The highest BCUT2D eigenvalue weighted by atomic mass is 32.2. The van der Waals surface area contributed by atoms with E-state index in [1.54, 1.807) is 0 Å². The fourth-order valence-electron chi connectivity index (χ4n) is 9.25. The van der Waals surface area contributed by atoms with Crippen molar-refractivity contribution in [1.29, 1.82) is 0 Å². The summed E-state index contributed by atoms with van der Waals surface area (Å²) in [5.41, 5.74) is 1.15. The van der Waals surface area contributed by atoms with Gasteiger partial charge in [-0.3, -0.25) is 4.55 Å². The molecule has 0 spiro atoms. The van der Waals surface area contributed by atoms with Gasteiger partial charge in [0.2, 0.25) is 0 Å². The smallest absolute Gasteiger partial charge is 0.267 e. The fourth-order valence-corrected chi connectivity index (χ4v) is 9.57. The zero-order valence-corrected chi connectivity index (χ0v) is 21.0. The predicted molar refractivity (Wildman–Crippen MR) is 125 cm³/mol. The lowest BCUT2D eigenvalue weighted by molar-refractivity contribution is -0.114. The van der Waals surface area contributed by atoms with E-state index < -0.39 is 10.1 Å². The topological polar surface area (TPSA) is 63.6 Å². The Bertz CT molecular complexity index is 721. The fraction of sp³-hybridized carbons (Fsp3) is 1.00. The molecule has 5 heteroatoms. The van der Waals surface area contributed by atoms with Gasteiger partial charge in [0, 0.05) is 6.61 Å². The normalized spacial score (nSPS) is 43.7. The van der Waals surface area contributed by atoms with Crippen LogP contribution in [-0.4, -0.2) is 31.9 Å². The van der Waals surface area contributed by atoms with Crippen molar-refractivity contribution in [3.05, 3.63) is 0 Å². The number of rotatable bonds is 8. The molecule has 0 aromatic carbocycles. The van der Waals surface area contributed by atoms with E-state index in [0.29, 0.717) is 23.4 Å². The molecule has 4 aliphatic carbocycles. The van der Waals surface area contributed by atoms with Crippen LogP contribution in [-0.2, 0) is 14.9 Å². The molecule has 4 rings (SSSR count). The summed E-state index contributed by atoms with van der Waals surface area (Å²) < 4.78 is 35.8. The molecule has 0 heterocycles. The van der Waals surface area contributed by atoms with E-state index in [-0.39, 0.29) is 12.4 Å². The zero-order chi connectivity index (χ0) is 22.3. The summed E-state index contributed by atoms with van der Waals surface area (Å²) in [5, 5.41) is 0. The summed E-state index contributed by atoms with van der Waals surface area (Å²) in [6.45, 7) is 8.45. The molecule has 8 atom stereocenters. The van der Waals surface area contributed by atoms with Crippen molar-refractivity contribution in [2.24, 2.45) is 46.3 Å². The van der Waals surface area contributed by atoms with Crippen molar-refractivity contribution in [3.8, 4) is 0 Å². The van der Waals surface area contributed by atoms with Gasteiger partial charge in [0.25, 0.3) is 10.1 Å². The van der Waals surface area contributed by atoms with E-state index in [0.717, 1.165) is 42.4 Å². The molecule has 0 amide bonds. The molecule has 0 aromatic rings. The van der Waals surface area contributed by atoms with Crippen LogP contribution in [0, 0.1) is 46.3 Å². The molecular formula is C26H46O4S. The van der Waals surface area contributed by atoms with Crippen molar-refractivity contribution in [1.82, 2.24) is 0 Å². The summed E-state index contributed by atoms with van der Waals surface area (Å²) in [5.74, 6) is 5.13. The van der Waals surface area contributed by atoms with Gasteiger partial charge in [0.05, 0.1) is 12.4 Å². The molecule has 4 saturated carbocycles. The first-order valence-corrected chi connectivity index (χ1v) is 14.8. The average molecular weight is 455 g/mol. The van der Waals surface area contributed by atoms with E-state index in [1.807, 2.05) is 0 Å². The highest BCUT2D eigenvalue weighted by Gasteiger charge is 2.59. The molecule has 0 saturated heterocycles. The van der Waals surface area contributed by atoms with Gasteiger partial charge in [0.1, 0.15) is 0 Å². The van der Waals surface area contributed by atoms with E-state index >= 15 is 0 Å². The Morgan fingerprint density at radius 2 is 1.71 bits per heavy atom. The standard InChI is InChI=1S/C26H46O4S/c1-19(7-6-16-30-17-18-31(27,28)29)22-11-12-23-21-10-9-20-8-4-5-14-25(20,2)24(21)13-15-26(22,23)3/h19-24H,4-18H2,1-3H3,(H,27,28,29)/t19?,20?,21?,22?,23?,24?,25-,26+/m0/s1. The second-order valence-electron chi connectivity index (χ2n) is 12.1. The molecule has 0 bridgehead atoms. The molecule has 1 N–H and O–H groups in total. The van der Waals surface area contributed by atoms with Crippen LogP contribution in [0.2, 0.25) is 0 Å². The maximum Gasteiger partial charge on any atom is 0.267 e. The van der Waals surface area contributed by atoms with Crippen LogP contribution in [0.3, 0.4) is 0 Å². The highest BCUT2D eigenvalue weighted by Crippen LogP contribution is 2.68. The van der Waals surface area contributed by atoms with Crippen LogP contribution in [0.1, 0.15) is 97.8 Å². The van der Waals surface area contributed by atoms with Crippen LogP contribution in [0.25, 0.3) is 0 Å². The molecule has 180 valence electrons. The first-order valence-electron chi connectivity index (χ1n) is 13.2. The Morgan fingerprint density at radius 1 is 0.935 bits per heavy atom. The van der Waals surface area contributed by atoms with Gasteiger partial charge in [-0.15, -0.1) is 0 Å². The first-order chi connectivity index (χ1) is 14.7. The zero-order valence-electron chi connectivity index (χ0n) is 20.2. The summed E-state index contributed by atoms with van der Waals surface area (Å²) in [4.78, 5) is 0. The van der Waals surface area contributed by atoms with E-state index in [9.17, 15) is 8.42 Å². The lowest BCUT2D eigenvalue weighted by atomic mass is 9.44. The van der Waals surface area contributed by atoms with Crippen molar-refractivity contribution in [2.45, 2.75) is 97.8 Å². The van der Waals surface area contributed by atoms with Gasteiger partial charge >= 0.3 is 0 Å². The molecule has 0 aromatic heterocycles. The van der Waals surface area contributed by atoms with Gasteiger partial charge in [-0.1, -0.05) is 33.6 Å². The molecule has 31 heavy (non-hydrogen) atoms. The van der Waals surface area contributed by atoms with Crippen LogP contribution < -0.4 is 0 Å². The lowest BCUT2D eigenvalue weighted by Crippen LogP contribution is -2.53. The molecular weight excluding hydrogens is 408 g/mol. The summed E-state index contributed by atoms with van der Waals surface area (Å²) in [7, 11) is -3.91. The minimum Gasteiger partial charge on any atom is -0.380 e. The molecule has 4 aliphatic rings. The maximum absolute atomic E-state index is 10.8. The van der Waals surface area contributed by atoms with Crippen LogP contribution in [0.15, 0.2) is 0 Å². The third-order valence-electron chi connectivity index (χ3n) is 10.8. The van der Waals surface area contributed by atoms with E-state index in [4.69, 9.17) is 9.29 Å². The summed E-state index contributed by atoms with van der Waals surface area (Å²) in [6.07, 6.45) is 16.8. The van der Waals surface area contributed by atoms with Crippen molar-refractivity contribution >= 4 is 10.1 Å². The maximum atomic E-state index is 10.8. The third kappa shape index (κ3) is 4.75. The third-order valence-corrected chi connectivity index (χ3v) is 11.5. The largest absolute Gasteiger partial charge is 0.380 e. The van der Waals surface area contributed by atoms with Gasteiger partial charge in [-0.2, -0.15) is 8.42 Å². The number of hydrogen-bond donors (Lipinski definition) is 1. The Kier molecular flexibility index (Phi) is 7.17. The van der Waals surface area contributed by atoms with Crippen LogP contribution in [0.4, 0.5) is 0 Å². The highest BCUT2D eigenvalue weighted by molar-refractivity contribution is 7.85. The number of hydrogen-bond acceptors (Lipinski definition) is 3. The molecule has 0 radical (unpaired) electrons. The van der Waals surface area contributed by atoms with Gasteiger partial charge in [-0.25, -0.2) is 0 Å². The van der Waals surface area contributed by atoms with Crippen molar-refractivity contribution < 1.29 is 17.7 Å². The quantitative estimate of drug-likeness (QED) is 0.342. The Morgan fingerprint density at radius 3 is 2.48 bits per heavy atom. The van der Waals surface area contributed by atoms with Gasteiger partial charge in [-0.05, 0) is 111 Å². The van der Waals surface area contributed by atoms with Gasteiger partial charge in [0.15, 0.2) is 0 Å². The molecule has 4 nitrogen and oxygen atoms in total. The molecule has 6 unspecified atom stereocenters. The second-order valence-corrected chi connectivity index (χ2v) is 13.7. The number of ether oxygens (including phenoxy) is 1. The minimum atomic E-state index is -3.91. The molecule has 0 aliphatic heterocycles. The summed E-state index contributed by atoms with van der Waals surface area (Å²) in [6, 6.07) is 0.